The molecule has 3 aromatic heterocycles. The fourth-order valence-corrected chi connectivity index (χ4v) is 5.31. The molecule has 0 fully saturated rings. The molecule has 0 saturated carbocycles. The predicted molar refractivity (Wildman–Crippen MR) is 122 cm³/mol. The minimum atomic E-state index is -0.489. The van der Waals surface area contributed by atoms with Gasteiger partial charge in [0.05, 0.1) is 23.3 Å². The number of ether oxygens (including phenoxy) is 1. The van der Waals surface area contributed by atoms with Crippen LogP contribution in [0.2, 0.25) is 0 Å². The van der Waals surface area contributed by atoms with Gasteiger partial charge in [-0.3, -0.25) is 9.59 Å². The molecule has 0 aliphatic heterocycles. The van der Waals surface area contributed by atoms with Gasteiger partial charge in [0.1, 0.15) is 5.00 Å². The summed E-state index contributed by atoms with van der Waals surface area (Å²) in [6.07, 6.45) is 0.131. The first-order chi connectivity index (χ1) is 14.8. The molecule has 9 nitrogen and oxygen atoms in total. The Morgan fingerprint density at radius 2 is 2.06 bits per heavy atom. The van der Waals surface area contributed by atoms with Gasteiger partial charge in [0, 0.05) is 17.8 Å². The third-order valence-corrected chi connectivity index (χ3v) is 7.36. The van der Waals surface area contributed by atoms with Crippen LogP contribution in [-0.4, -0.2) is 45.4 Å². The van der Waals surface area contributed by atoms with Crippen molar-refractivity contribution < 1.29 is 19.1 Å². The third-order valence-electron chi connectivity index (χ3n) is 4.40. The molecule has 12 heteroatoms. The van der Waals surface area contributed by atoms with E-state index in [1.165, 1.54) is 41.5 Å². The Morgan fingerprint density at radius 3 is 2.71 bits per heavy atom. The van der Waals surface area contributed by atoms with E-state index in [1.807, 2.05) is 31.4 Å². The van der Waals surface area contributed by atoms with Crippen LogP contribution in [0.3, 0.4) is 0 Å². The second-order valence-electron chi connectivity index (χ2n) is 6.47. The second-order valence-corrected chi connectivity index (χ2v) is 9.58. The van der Waals surface area contributed by atoms with Gasteiger partial charge in [0.15, 0.2) is 11.0 Å². The highest BCUT2D eigenvalue weighted by molar-refractivity contribution is 7.99. The van der Waals surface area contributed by atoms with Gasteiger partial charge < -0.3 is 20.4 Å². The minimum Gasteiger partial charge on any atom is -0.465 e. The number of rotatable bonds is 9. The highest BCUT2D eigenvalue weighted by Crippen LogP contribution is 2.33. The van der Waals surface area contributed by atoms with E-state index in [0.29, 0.717) is 28.1 Å². The molecule has 0 saturated heterocycles. The van der Waals surface area contributed by atoms with E-state index in [4.69, 9.17) is 10.5 Å². The van der Waals surface area contributed by atoms with Crippen LogP contribution < -0.4 is 11.1 Å². The molecule has 0 unspecified atom stereocenters. The number of hydrogen-bond acceptors (Lipinski definition) is 9. The normalized spacial score (nSPS) is 10.8. The fourth-order valence-electron chi connectivity index (χ4n) is 2.76. The molecule has 3 rings (SSSR count). The Kier molecular flexibility index (Phi) is 7.46. The van der Waals surface area contributed by atoms with Gasteiger partial charge in [-0.1, -0.05) is 17.8 Å². The fraction of sp³-hybridized carbons (Fsp3) is 0.316. The standard InChI is InChI=1S/C19H21N5O4S3/c1-10-11(2)31-17(15(10)18(27)28-3)21-14(26)9-30-19-23-22-16(12-5-4-8-29-12)24(19)7-6-13(20)25/h4-5,8H,6-7,9H2,1-3H3,(H2,20,25)(H,21,26). The molecule has 0 aliphatic rings. The van der Waals surface area contributed by atoms with E-state index < -0.39 is 11.9 Å². The molecular weight excluding hydrogens is 458 g/mol. The van der Waals surface area contributed by atoms with Crippen molar-refractivity contribution in [2.75, 3.05) is 18.2 Å². The van der Waals surface area contributed by atoms with Gasteiger partial charge in [-0.25, -0.2) is 4.79 Å². The molecule has 164 valence electrons. The average molecular weight is 480 g/mol. The van der Waals surface area contributed by atoms with E-state index in [2.05, 4.69) is 15.5 Å². The van der Waals surface area contributed by atoms with Crippen LogP contribution in [0.4, 0.5) is 5.00 Å². The molecule has 31 heavy (non-hydrogen) atoms. The smallest absolute Gasteiger partial charge is 0.341 e. The van der Waals surface area contributed by atoms with E-state index in [1.54, 1.807) is 4.57 Å². The summed E-state index contributed by atoms with van der Waals surface area (Å²) in [5, 5.41) is 14.1. The van der Waals surface area contributed by atoms with E-state index in [0.717, 1.165) is 15.3 Å². The molecule has 0 radical (unpaired) electrons. The first-order valence-corrected chi connectivity index (χ1v) is 11.9. The number of primary amides is 1. The summed E-state index contributed by atoms with van der Waals surface area (Å²) in [5.41, 5.74) is 6.45. The molecule has 0 aliphatic carbocycles. The predicted octanol–water partition coefficient (Wildman–Crippen LogP) is 3.08. The van der Waals surface area contributed by atoms with Crippen LogP contribution in [0, 0.1) is 13.8 Å². The van der Waals surface area contributed by atoms with Crippen molar-refractivity contribution in [3.05, 3.63) is 33.5 Å². The Hall–Kier alpha value is -2.70. The van der Waals surface area contributed by atoms with Crippen molar-refractivity contribution in [2.45, 2.75) is 32.0 Å². The topological polar surface area (TPSA) is 129 Å². The van der Waals surface area contributed by atoms with E-state index in [9.17, 15) is 14.4 Å². The summed E-state index contributed by atoms with van der Waals surface area (Å²) in [4.78, 5) is 37.8. The number of nitrogens with one attached hydrogen (secondary N) is 1. The lowest BCUT2D eigenvalue weighted by Crippen LogP contribution is -2.17. The van der Waals surface area contributed by atoms with Crippen molar-refractivity contribution in [2.24, 2.45) is 5.73 Å². The summed E-state index contributed by atoms with van der Waals surface area (Å²) < 4.78 is 6.62. The van der Waals surface area contributed by atoms with Crippen molar-refractivity contribution in [3.8, 4) is 10.7 Å². The number of hydrogen-bond donors (Lipinski definition) is 2. The first-order valence-electron chi connectivity index (χ1n) is 9.18. The highest BCUT2D eigenvalue weighted by Gasteiger charge is 2.22. The van der Waals surface area contributed by atoms with Gasteiger partial charge in [-0.15, -0.1) is 32.9 Å². The van der Waals surface area contributed by atoms with Crippen molar-refractivity contribution in [1.82, 2.24) is 14.8 Å². The zero-order valence-electron chi connectivity index (χ0n) is 17.1. The Morgan fingerprint density at radius 1 is 1.29 bits per heavy atom. The molecule has 3 aromatic rings. The first kappa shape index (κ1) is 23.0. The van der Waals surface area contributed by atoms with Crippen molar-refractivity contribution >= 4 is 57.2 Å². The molecule has 2 amide bonds. The zero-order chi connectivity index (χ0) is 22.5. The van der Waals surface area contributed by atoms with Crippen LogP contribution in [0.25, 0.3) is 10.7 Å². The Balaban J connectivity index is 1.74. The zero-order valence-corrected chi connectivity index (χ0v) is 19.6. The number of carbonyl (C=O) groups is 3. The second kappa shape index (κ2) is 10.1. The SMILES string of the molecule is COC(=O)c1c(NC(=O)CSc2nnc(-c3cccs3)n2CCC(N)=O)sc(C)c1C. The van der Waals surface area contributed by atoms with Gasteiger partial charge in [0.25, 0.3) is 0 Å². The Bertz CT molecular complexity index is 1100. The van der Waals surface area contributed by atoms with Gasteiger partial charge in [0.2, 0.25) is 11.8 Å². The molecule has 0 aromatic carbocycles. The number of esters is 1. The number of methoxy groups -OCH3 is 1. The number of carbonyl (C=O) groups excluding carboxylic acids is 3. The molecule has 0 atom stereocenters. The summed E-state index contributed by atoms with van der Waals surface area (Å²) >= 11 is 4.02. The van der Waals surface area contributed by atoms with Crippen LogP contribution >= 0.6 is 34.4 Å². The quantitative estimate of drug-likeness (QED) is 0.356. The third kappa shape index (κ3) is 5.32. The summed E-state index contributed by atoms with van der Waals surface area (Å²) in [7, 11) is 1.31. The molecule has 0 bridgehead atoms. The lowest BCUT2D eigenvalue weighted by Gasteiger charge is -2.09. The lowest BCUT2D eigenvalue weighted by molar-refractivity contribution is -0.118. The van der Waals surface area contributed by atoms with Gasteiger partial charge in [-0.05, 0) is 30.9 Å². The number of thiophene rings is 2. The maximum Gasteiger partial charge on any atom is 0.341 e. The molecule has 3 heterocycles. The van der Waals surface area contributed by atoms with Crippen molar-refractivity contribution in [3.63, 3.8) is 0 Å². The number of anilines is 1. The number of aryl methyl sites for hydroxylation is 1. The molecule has 0 spiro atoms. The maximum absolute atomic E-state index is 12.6. The highest BCUT2D eigenvalue weighted by atomic mass is 32.2. The lowest BCUT2D eigenvalue weighted by atomic mass is 10.1. The maximum atomic E-state index is 12.6. The number of aromatic nitrogens is 3. The number of nitrogens with two attached hydrogens (primary N) is 1. The number of amides is 2. The van der Waals surface area contributed by atoms with Crippen LogP contribution in [0.5, 0.6) is 0 Å². The Labute approximate surface area is 191 Å². The monoisotopic (exact) mass is 479 g/mol. The number of nitrogens with zero attached hydrogens (tertiary/aromatic N) is 3. The number of thioether (sulfide) groups is 1. The molecular formula is C19H21N5O4S3. The summed E-state index contributed by atoms with van der Waals surface area (Å²) in [6, 6.07) is 3.81. The average Bonchev–Trinajstić information content (AvgIpc) is 3.44. The largest absolute Gasteiger partial charge is 0.465 e. The minimum absolute atomic E-state index is 0.0513. The summed E-state index contributed by atoms with van der Waals surface area (Å²) in [5.74, 6) is -0.541. The molecule has 3 N–H and O–H groups in total. The van der Waals surface area contributed by atoms with Crippen LogP contribution in [-0.2, 0) is 20.9 Å². The van der Waals surface area contributed by atoms with Crippen molar-refractivity contribution in [1.29, 1.82) is 0 Å². The van der Waals surface area contributed by atoms with E-state index >= 15 is 0 Å². The summed E-state index contributed by atoms with van der Waals surface area (Å²) in [6.45, 7) is 4.01. The van der Waals surface area contributed by atoms with Crippen LogP contribution in [0.1, 0.15) is 27.2 Å². The van der Waals surface area contributed by atoms with Crippen LogP contribution in [0.15, 0.2) is 22.7 Å². The van der Waals surface area contributed by atoms with E-state index in [-0.39, 0.29) is 18.1 Å². The van der Waals surface area contributed by atoms with Gasteiger partial charge in [-0.2, -0.15) is 0 Å². The van der Waals surface area contributed by atoms with Gasteiger partial charge >= 0.3 is 5.97 Å².